The van der Waals surface area contributed by atoms with Crippen LogP contribution in [0.25, 0.3) is 11.0 Å². The fourth-order valence-electron chi connectivity index (χ4n) is 1.75. The Morgan fingerprint density at radius 3 is 2.53 bits per heavy atom. The van der Waals surface area contributed by atoms with Gasteiger partial charge in [0.05, 0.1) is 15.7 Å². The van der Waals surface area contributed by atoms with Gasteiger partial charge >= 0.3 is 7.12 Å². The monoisotopic (exact) mass is 283 g/mol. The standard InChI is InChI=1S/C10H14BN3O4S/c1-5(2)19(17,18)8-4-6(11(15)16)3-7-9(8)14-10(12)13-7/h3-5,15-16H,1-2H3,(H3,12,13,14). The van der Waals surface area contributed by atoms with Crippen molar-refractivity contribution in [2.75, 3.05) is 5.73 Å². The van der Waals surface area contributed by atoms with Gasteiger partial charge in [0, 0.05) is 0 Å². The summed E-state index contributed by atoms with van der Waals surface area (Å²) >= 11 is 0. The number of nitrogen functional groups attached to an aromatic ring is 1. The number of rotatable bonds is 3. The van der Waals surface area contributed by atoms with Crippen molar-refractivity contribution in [3.05, 3.63) is 12.1 Å². The van der Waals surface area contributed by atoms with E-state index in [1.54, 1.807) is 13.8 Å². The number of hydrogen-bond donors (Lipinski definition) is 4. The maximum Gasteiger partial charge on any atom is 0.488 e. The average molecular weight is 283 g/mol. The van der Waals surface area contributed by atoms with Crippen molar-refractivity contribution in [1.82, 2.24) is 9.97 Å². The predicted molar refractivity (Wildman–Crippen MR) is 72.7 cm³/mol. The molecule has 0 aliphatic carbocycles. The largest absolute Gasteiger partial charge is 0.488 e. The molecule has 1 aromatic carbocycles. The zero-order valence-corrected chi connectivity index (χ0v) is 11.3. The number of anilines is 1. The summed E-state index contributed by atoms with van der Waals surface area (Å²) in [6, 6.07) is 2.62. The van der Waals surface area contributed by atoms with Crippen molar-refractivity contribution in [1.29, 1.82) is 0 Å². The highest BCUT2D eigenvalue weighted by Crippen LogP contribution is 2.24. The first-order valence-corrected chi connectivity index (χ1v) is 7.17. The Morgan fingerprint density at radius 1 is 1.37 bits per heavy atom. The van der Waals surface area contributed by atoms with Crippen LogP contribution in [0, 0.1) is 0 Å². The van der Waals surface area contributed by atoms with Crippen molar-refractivity contribution < 1.29 is 18.5 Å². The number of aromatic amines is 1. The highest BCUT2D eigenvalue weighted by molar-refractivity contribution is 7.92. The molecule has 0 saturated heterocycles. The number of hydrogen-bond acceptors (Lipinski definition) is 6. The van der Waals surface area contributed by atoms with Gasteiger partial charge in [-0.05, 0) is 31.4 Å². The Labute approximate surface area is 110 Å². The molecule has 2 rings (SSSR count). The Kier molecular flexibility index (Phi) is 3.29. The Bertz CT molecular complexity index is 724. The number of nitrogens with two attached hydrogens (primary N) is 1. The lowest BCUT2D eigenvalue weighted by atomic mass is 9.80. The van der Waals surface area contributed by atoms with E-state index in [2.05, 4.69) is 9.97 Å². The van der Waals surface area contributed by atoms with Crippen molar-refractivity contribution in [2.24, 2.45) is 0 Å². The molecule has 7 nitrogen and oxygen atoms in total. The third-order valence-electron chi connectivity index (χ3n) is 2.82. The second kappa shape index (κ2) is 4.51. The molecule has 0 amide bonds. The average Bonchev–Trinajstić information content (AvgIpc) is 2.66. The zero-order valence-electron chi connectivity index (χ0n) is 10.5. The number of nitrogens with one attached hydrogen (secondary N) is 1. The maximum atomic E-state index is 12.3. The summed E-state index contributed by atoms with van der Waals surface area (Å²) in [4.78, 5) is 6.57. The molecule has 2 aromatic rings. The molecule has 0 atom stereocenters. The topological polar surface area (TPSA) is 129 Å². The van der Waals surface area contributed by atoms with Crippen LogP contribution in [0.1, 0.15) is 13.8 Å². The van der Waals surface area contributed by atoms with Gasteiger partial charge in [-0.1, -0.05) is 0 Å². The van der Waals surface area contributed by atoms with Gasteiger partial charge < -0.3 is 20.8 Å². The van der Waals surface area contributed by atoms with E-state index >= 15 is 0 Å². The molecule has 0 aliphatic heterocycles. The van der Waals surface area contributed by atoms with Crippen LogP contribution in [-0.4, -0.2) is 40.8 Å². The van der Waals surface area contributed by atoms with Gasteiger partial charge in [-0.25, -0.2) is 13.4 Å². The summed E-state index contributed by atoms with van der Waals surface area (Å²) < 4.78 is 24.5. The number of imidazole rings is 1. The van der Waals surface area contributed by atoms with E-state index in [4.69, 9.17) is 5.73 Å². The van der Waals surface area contributed by atoms with Gasteiger partial charge in [-0.15, -0.1) is 0 Å². The van der Waals surface area contributed by atoms with Gasteiger partial charge in [-0.2, -0.15) is 0 Å². The molecule has 19 heavy (non-hydrogen) atoms. The van der Waals surface area contributed by atoms with Crippen LogP contribution in [0.3, 0.4) is 0 Å². The highest BCUT2D eigenvalue weighted by atomic mass is 32.2. The Balaban J connectivity index is 2.84. The zero-order chi connectivity index (χ0) is 14.4. The summed E-state index contributed by atoms with van der Waals surface area (Å²) in [5.41, 5.74) is 6.14. The fraction of sp³-hybridized carbons (Fsp3) is 0.300. The van der Waals surface area contributed by atoms with Crippen LogP contribution in [0.5, 0.6) is 0 Å². The van der Waals surface area contributed by atoms with Crippen LogP contribution in [0.4, 0.5) is 5.95 Å². The van der Waals surface area contributed by atoms with E-state index in [0.29, 0.717) is 5.52 Å². The van der Waals surface area contributed by atoms with Crippen molar-refractivity contribution in [3.8, 4) is 0 Å². The molecule has 1 heterocycles. The van der Waals surface area contributed by atoms with Crippen LogP contribution < -0.4 is 11.2 Å². The summed E-state index contributed by atoms with van der Waals surface area (Å²) in [5.74, 6) is 0.0692. The van der Waals surface area contributed by atoms with E-state index in [1.165, 1.54) is 12.1 Å². The summed E-state index contributed by atoms with van der Waals surface area (Å²) in [7, 11) is -5.37. The lowest BCUT2D eigenvalue weighted by Crippen LogP contribution is -2.31. The fourth-order valence-corrected chi connectivity index (χ4v) is 2.98. The minimum atomic E-state index is -3.61. The normalized spacial score (nSPS) is 12.3. The SMILES string of the molecule is CC(C)S(=O)(=O)c1cc(B(O)O)cc2[nH]c(N)nc12. The van der Waals surface area contributed by atoms with Gasteiger partial charge in [-0.3, -0.25) is 0 Å². The van der Waals surface area contributed by atoms with Crippen LogP contribution >= 0.6 is 0 Å². The van der Waals surface area contributed by atoms with E-state index in [-0.39, 0.29) is 21.8 Å². The van der Waals surface area contributed by atoms with Crippen molar-refractivity contribution in [3.63, 3.8) is 0 Å². The number of nitrogens with zero attached hydrogens (tertiary/aromatic N) is 1. The van der Waals surface area contributed by atoms with E-state index in [9.17, 15) is 18.5 Å². The van der Waals surface area contributed by atoms with Crippen LogP contribution in [-0.2, 0) is 9.84 Å². The predicted octanol–water partition coefficient (Wildman–Crippen LogP) is -0.993. The number of fused-ring (bicyclic) bond motifs is 1. The molecule has 0 saturated carbocycles. The molecular weight excluding hydrogens is 269 g/mol. The molecule has 0 bridgehead atoms. The van der Waals surface area contributed by atoms with Crippen molar-refractivity contribution in [2.45, 2.75) is 24.0 Å². The van der Waals surface area contributed by atoms with Gasteiger partial charge in [0.2, 0.25) is 0 Å². The molecule has 0 fully saturated rings. The maximum absolute atomic E-state index is 12.3. The van der Waals surface area contributed by atoms with E-state index in [0.717, 1.165) is 0 Å². The number of benzene rings is 1. The molecular formula is C10H14BN3O4S. The molecule has 0 spiro atoms. The summed E-state index contributed by atoms with van der Waals surface area (Å²) in [6.07, 6.45) is 0. The Morgan fingerprint density at radius 2 is 2.00 bits per heavy atom. The first kappa shape index (κ1) is 13.8. The third kappa shape index (κ3) is 2.31. The molecule has 1 aromatic heterocycles. The van der Waals surface area contributed by atoms with Gasteiger partial charge in [0.25, 0.3) is 0 Å². The van der Waals surface area contributed by atoms with Crippen molar-refractivity contribution >= 4 is 39.4 Å². The quantitative estimate of drug-likeness (QED) is 0.535. The smallest absolute Gasteiger partial charge is 0.423 e. The van der Waals surface area contributed by atoms with Crippen LogP contribution in [0.15, 0.2) is 17.0 Å². The molecule has 102 valence electrons. The van der Waals surface area contributed by atoms with Gasteiger partial charge in [0.1, 0.15) is 5.52 Å². The van der Waals surface area contributed by atoms with E-state index in [1.807, 2.05) is 0 Å². The number of aromatic nitrogens is 2. The molecule has 0 radical (unpaired) electrons. The summed E-state index contributed by atoms with van der Waals surface area (Å²) in [5, 5.41) is 17.8. The number of sulfone groups is 1. The van der Waals surface area contributed by atoms with Gasteiger partial charge in [0.15, 0.2) is 15.8 Å². The lowest BCUT2D eigenvalue weighted by molar-refractivity contribution is 0.425. The first-order valence-electron chi connectivity index (χ1n) is 5.62. The molecule has 0 aliphatic rings. The minimum Gasteiger partial charge on any atom is -0.423 e. The lowest BCUT2D eigenvalue weighted by Gasteiger charge is -2.10. The summed E-state index contributed by atoms with van der Waals surface area (Å²) in [6.45, 7) is 3.08. The first-order chi connectivity index (χ1) is 8.73. The second-order valence-electron chi connectivity index (χ2n) is 4.50. The molecule has 0 unspecified atom stereocenters. The van der Waals surface area contributed by atoms with Crippen LogP contribution in [0.2, 0.25) is 0 Å². The third-order valence-corrected chi connectivity index (χ3v) is 4.98. The van der Waals surface area contributed by atoms with E-state index < -0.39 is 22.2 Å². The minimum absolute atomic E-state index is 0.0592. The Hall–Kier alpha value is -1.58. The molecule has 5 N–H and O–H groups in total. The molecule has 9 heteroatoms. The number of H-pyrrole nitrogens is 1. The second-order valence-corrected chi connectivity index (χ2v) is 6.98. The highest BCUT2D eigenvalue weighted by Gasteiger charge is 2.26.